The smallest absolute Gasteiger partial charge is 0.545 e. The van der Waals surface area contributed by atoms with Gasteiger partial charge in [-0.25, -0.2) is 0 Å². The van der Waals surface area contributed by atoms with Crippen LogP contribution in [-0.2, 0) is 29.1 Å². The Morgan fingerprint density at radius 3 is 1.23 bits per heavy atom. The fourth-order valence-corrected chi connectivity index (χ4v) is 1.13. The Labute approximate surface area is 96.2 Å². The van der Waals surface area contributed by atoms with Gasteiger partial charge in [0.05, 0.1) is 0 Å². The summed E-state index contributed by atoms with van der Waals surface area (Å²) >= 11 is 0. The van der Waals surface area contributed by atoms with Gasteiger partial charge in [-0.15, -0.1) is 0 Å². The average Bonchev–Trinajstić information content (AvgIpc) is 2.48. The summed E-state index contributed by atoms with van der Waals surface area (Å²) in [7, 11) is 0. The summed E-state index contributed by atoms with van der Waals surface area (Å²) in [6, 6.07) is 0. The molecule has 0 N–H and O–H groups in total. The van der Waals surface area contributed by atoms with Gasteiger partial charge in [0.15, 0.2) is 0 Å². The van der Waals surface area contributed by atoms with Crippen LogP contribution in [0.1, 0.15) is 32.6 Å². The van der Waals surface area contributed by atoms with E-state index < -0.39 is 0 Å². The Kier molecular flexibility index (Phi) is 66.7. The van der Waals surface area contributed by atoms with Crippen molar-refractivity contribution in [2.24, 2.45) is 5.92 Å². The molecule has 0 radical (unpaired) electrons. The van der Waals surface area contributed by atoms with Crippen molar-refractivity contribution in [3.8, 4) is 0 Å². The van der Waals surface area contributed by atoms with Gasteiger partial charge in [0, 0.05) is 0 Å². The second-order valence-electron chi connectivity index (χ2n) is 2.39. The van der Waals surface area contributed by atoms with Gasteiger partial charge in [0.1, 0.15) is 0 Å². The van der Waals surface area contributed by atoms with Crippen LogP contribution in [-0.4, -0.2) is 13.6 Å². The van der Waals surface area contributed by atoms with Crippen LogP contribution >= 0.6 is 0 Å². The first kappa shape index (κ1) is 29.3. The molecular weight excluding hydrogens is 253 g/mol. The van der Waals surface area contributed by atoms with Gasteiger partial charge in [-0.2, -0.15) is 0 Å². The fourth-order valence-electron chi connectivity index (χ4n) is 1.13. The van der Waals surface area contributed by atoms with Crippen molar-refractivity contribution >= 4 is 13.6 Å². The molecule has 1 aliphatic rings. The van der Waals surface area contributed by atoms with Crippen molar-refractivity contribution in [1.82, 2.24) is 0 Å². The number of rotatable bonds is 0. The molecule has 0 aromatic heterocycles. The van der Waals surface area contributed by atoms with Gasteiger partial charge in [-0.3, -0.25) is 13.6 Å². The third-order valence-electron chi connectivity index (χ3n) is 1.64. The first-order valence-electron chi connectivity index (χ1n) is 3.37. The molecule has 1 fully saturated rings. The molecule has 0 aromatic rings. The Morgan fingerprint density at radius 2 is 1.15 bits per heavy atom. The minimum Gasteiger partial charge on any atom is -0.545 e. The first-order valence-corrected chi connectivity index (χ1v) is 3.37. The van der Waals surface area contributed by atoms with Crippen LogP contribution < -0.4 is 0 Å². The Balaban J connectivity index is -0.0000000277. The zero-order chi connectivity index (χ0) is 8.41. The average molecular weight is 273 g/mol. The second-order valence-corrected chi connectivity index (χ2v) is 2.39. The molecule has 0 atom stereocenters. The Hall–Kier alpha value is -0.0366. The first-order chi connectivity index (χ1) is 4.89. The molecule has 0 aromatic carbocycles. The van der Waals surface area contributed by atoms with Crippen LogP contribution in [0.4, 0.5) is 0 Å². The van der Waals surface area contributed by atoms with Crippen LogP contribution in [0.15, 0.2) is 0 Å². The Morgan fingerprint density at radius 1 is 0.923 bits per heavy atom. The molecule has 3 heteroatoms. The van der Waals surface area contributed by atoms with Gasteiger partial charge < -0.3 is 24.4 Å². The van der Waals surface area contributed by atoms with E-state index in [1.54, 1.807) is 0 Å². The molecule has 0 amide bonds. The molecule has 13 heavy (non-hydrogen) atoms. The normalized spacial score (nSPS) is 12.4. The van der Waals surface area contributed by atoms with Crippen LogP contribution in [0, 0.1) is 20.8 Å². The van der Waals surface area contributed by atoms with Crippen molar-refractivity contribution in [1.29, 1.82) is 0 Å². The van der Waals surface area contributed by atoms with Crippen molar-refractivity contribution in [2.75, 3.05) is 0 Å². The molecule has 0 spiro atoms. The zero-order valence-electron chi connectivity index (χ0n) is 8.73. The predicted molar refractivity (Wildman–Crippen MR) is 54.0 cm³/mol. The zero-order valence-corrected chi connectivity index (χ0v) is 10.5. The molecule has 1 rings (SSSR count). The third-order valence-corrected chi connectivity index (χ3v) is 1.64. The van der Waals surface area contributed by atoms with Crippen molar-refractivity contribution < 1.29 is 29.1 Å². The summed E-state index contributed by atoms with van der Waals surface area (Å²) in [4.78, 5) is 15.5. The van der Waals surface area contributed by atoms with Crippen LogP contribution in [0.2, 0.25) is 0 Å². The third kappa shape index (κ3) is 24.5. The molecular formula is C10H20O2Ru. The van der Waals surface area contributed by atoms with Gasteiger partial charge in [-0.1, -0.05) is 32.6 Å². The van der Waals surface area contributed by atoms with Gasteiger partial charge in [-0.05, 0) is 5.92 Å². The maximum absolute atomic E-state index is 7.75. The van der Waals surface area contributed by atoms with Crippen molar-refractivity contribution in [3.63, 3.8) is 0 Å². The van der Waals surface area contributed by atoms with E-state index in [0.29, 0.717) is 0 Å². The summed E-state index contributed by atoms with van der Waals surface area (Å²) in [5.41, 5.74) is 0. The van der Waals surface area contributed by atoms with E-state index >= 15 is 0 Å². The summed E-state index contributed by atoms with van der Waals surface area (Å²) in [5.74, 6) is 1.05. The maximum Gasteiger partial charge on any atom is 4.00 e. The summed E-state index contributed by atoms with van der Waals surface area (Å²) in [5, 5.41) is 0. The summed E-state index contributed by atoms with van der Waals surface area (Å²) < 4.78 is 0. The van der Waals surface area contributed by atoms with Crippen LogP contribution in [0.3, 0.4) is 0 Å². The van der Waals surface area contributed by atoms with E-state index in [4.69, 9.17) is 9.59 Å². The van der Waals surface area contributed by atoms with Gasteiger partial charge in [0.2, 0.25) is 0 Å². The van der Waals surface area contributed by atoms with Crippen molar-refractivity contribution in [3.05, 3.63) is 14.9 Å². The van der Waals surface area contributed by atoms with Gasteiger partial charge in [0.25, 0.3) is 0 Å². The monoisotopic (exact) mass is 274 g/mol. The van der Waals surface area contributed by atoms with E-state index in [2.05, 4.69) is 20.5 Å². The molecule has 2 nitrogen and oxygen atoms in total. The fraction of sp³-hybridized carbons (Fsp3) is 0.600. The van der Waals surface area contributed by atoms with E-state index in [-0.39, 0.29) is 34.3 Å². The molecule has 1 aliphatic carbocycles. The van der Waals surface area contributed by atoms with Crippen LogP contribution in [0.25, 0.3) is 0 Å². The molecule has 0 heterocycles. The summed E-state index contributed by atoms with van der Waals surface area (Å²) in [6.45, 7) is 8.84. The molecule has 0 saturated heterocycles. The second kappa shape index (κ2) is 29.7. The standard InChI is InChI=1S/C6H12.2CHO.2CH3.Ru/c1-6-4-2-3-5-6;2*1-2;;;/h6H,2-5H2,1H3;2*1H;2*1H3;/q;4*-1;+4. The minimum atomic E-state index is 0. The van der Waals surface area contributed by atoms with Gasteiger partial charge >= 0.3 is 19.5 Å². The largest absolute Gasteiger partial charge is 4.00 e. The van der Waals surface area contributed by atoms with E-state index in [0.717, 1.165) is 5.92 Å². The predicted octanol–water partition coefficient (Wildman–Crippen LogP) is 2.55. The molecule has 1 saturated carbocycles. The quantitative estimate of drug-likeness (QED) is 0.386. The molecule has 80 valence electrons. The van der Waals surface area contributed by atoms with Crippen molar-refractivity contribution in [2.45, 2.75) is 32.6 Å². The number of hydrogen-bond donors (Lipinski definition) is 0. The maximum atomic E-state index is 7.75. The van der Waals surface area contributed by atoms with E-state index in [9.17, 15) is 0 Å². The van der Waals surface area contributed by atoms with E-state index in [1.165, 1.54) is 25.7 Å². The summed E-state index contributed by atoms with van der Waals surface area (Å²) in [6.07, 6.45) is 5.95. The topological polar surface area (TPSA) is 34.1 Å². The number of carbonyl (C=O) groups excluding carboxylic acids is 2. The number of hydrogen-bond acceptors (Lipinski definition) is 2. The SMILES string of the molecule is CC1CCCC1.[CH-]=O.[CH-]=O.[CH3-].[CH3-].[Ru+4]. The molecule has 0 bridgehead atoms. The molecule has 0 unspecified atom stereocenters. The van der Waals surface area contributed by atoms with Crippen LogP contribution in [0.5, 0.6) is 0 Å². The van der Waals surface area contributed by atoms with E-state index in [1.807, 2.05) is 0 Å². The minimum absolute atomic E-state index is 0. The Bertz CT molecular complexity index is 61.9. The molecule has 0 aliphatic heterocycles.